The normalized spacial score (nSPS) is 19.8. The summed E-state index contributed by atoms with van der Waals surface area (Å²) in [6.07, 6.45) is 0.618. The van der Waals surface area contributed by atoms with Gasteiger partial charge in [0, 0.05) is 37.8 Å². The molecule has 1 heterocycles. The molecular formula is C21H31N5O2. The molecule has 0 saturated carbocycles. The number of aliphatic imine (C=N–C) groups is 1. The van der Waals surface area contributed by atoms with Gasteiger partial charge in [-0.15, -0.1) is 0 Å². The minimum absolute atomic E-state index is 0.246. The van der Waals surface area contributed by atoms with Crippen LogP contribution in [0.1, 0.15) is 32.8 Å². The lowest BCUT2D eigenvalue weighted by Gasteiger charge is -2.30. The van der Waals surface area contributed by atoms with Crippen molar-refractivity contribution in [2.45, 2.75) is 33.2 Å². The summed E-state index contributed by atoms with van der Waals surface area (Å²) in [6, 6.07) is 8.46. The van der Waals surface area contributed by atoms with Crippen LogP contribution in [0.2, 0.25) is 0 Å². The van der Waals surface area contributed by atoms with Gasteiger partial charge in [0.25, 0.3) is 0 Å². The Morgan fingerprint density at radius 1 is 1.21 bits per heavy atom. The van der Waals surface area contributed by atoms with Gasteiger partial charge >= 0.3 is 6.03 Å². The number of urea groups is 1. The van der Waals surface area contributed by atoms with Crippen molar-refractivity contribution in [3.05, 3.63) is 41.5 Å². The van der Waals surface area contributed by atoms with E-state index in [-0.39, 0.29) is 5.91 Å². The van der Waals surface area contributed by atoms with Gasteiger partial charge in [0.05, 0.1) is 5.71 Å². The highest BCUT2D eigenvalue weighted by Crippen LogP contribution is 2.22. The number of amides is 3. The molecule has 0 bridgehead atoms. The first-order valence-electron chi connectivity index (χ1n) is 9.46. The van der Waals surface area contributed by atoms with Crippen molar-refractivity contribution < 1.29 is 9.59 Å². The monoisotopic (exact) mass is 385 g/mol. The van der Waals surface area contributed by atoms with Crippen LogP contribution in [0.5, 0.6) is 0 Å². The SMILES string of the molecule is CNC(=O)C(NC(=O)N=C1CCN(C)CC1=C(N)c1ccccc1)C(C)(C)C. The number of piperidine rings is 1. The molecule has 1 aliphatic rings. The van der Waals surface area contributed by atoms with Gasteiger partial charge in [0.2, 0.25) is 5.91 Å². The van der Waals surface area contributed by atoms with Gasteiger partial charge in [-0.05, 0) is 18.0 Å². The minimum Gasteiger partial charge on any atom is -0.398 e. The summed E-state index contributed by atoms with van der Waals surface area (Å²) in [6.45, 7) is 7.10. The Balaban J connectivity index is 2.33. The molecule has 152 valence electrons. The van der Waals surface area contributed by atoms with E-state index in [1.165, 1.54) is 0 Å². The topological polar surface area (TPSA) is 99.8 Å². The predicted octanol–water partition coefficient (Wildman–Crippen LogP) is 2.00. The summed E-state index contributed by atoms with van der Waals surface area (Å²) in [4.78, 5) is 31.2. The Morgan fingerprint density at radius 2 is 1.86 bits per heavy atom. The molecule has 7 heteroatoms. The zero-order valence-corrected chi connectivity index (χ0v) is 17.4. The number of hydrogen-bond acceptors (Lipinski definition) is 4. The van der Waals surface area contributed by atoms with Crippen LogP contribution >= 0.6 is 0 Å². The van der Waals surface area contributed by atoms with E-state index in [0.29, 0.717) is 24.4 Å². The molecule has 0 spiro atoms. The Labute approximate surface area is 167 Å². The summed E-state index contributed by atoms with van der Waals surface area (Å²) >= 11 is 0. The molecule has 0 aromatic heterocycles. The lowest BCUT2D eigenvalue weighted by molar-refractivity contribution is -0.124. The fourth-order valence-electron chi connectivity index (χ4n) is 3.14. The molecule has 4 N–H and O–H groups in total. The van der Waals surface area contributed by atoms with Crippen LogP contribution in [-0.4, -0.2) is 55.8 Å². The molecule has 3 amide bonds. The number of likely N-dealkylation sites (tertiary alicyclic amines) is 1. The van der Waals surface area contributed by atoms with E-state index in [4.69, 9.17) is 5.73 Å². The van der Waals surface area contributed by atoms with Crippen molar-refractivity contribution >= 4 is 23.3 Å². The molecule has 1 aromatic rings. The number of hydrogen-bond donors (Lipinski definition) is 3. The number of benzene rings is 1. The van der Waals surface area contributed by atoms with Crippen LogP contribution < -0.4 is 16.4 Å². The molecule has 1 atom stereocenters. The second kappa shape index (κ2) is 9.01. The predicted molar refractivity (Wildman–Crippen MR) is 113 cm³/mol. The number of carbonyl (C=O) groups is 2. The zero-order valence-electron chi connectivity index (χ0n) is 17.4. The van der Waals surface area contributed by atoms with Gasteiger partial charge in [-0.1, -0.05) is 51.1 Å². The fraction of sp³-hybridized carbons (Fsp3) is 0.476. The van der Waals surface area contributed by atoms with E-state index in [0.717, 1.165) is 17.7 Å². The van der Waals surface area contributed by atoms with E-state index in [1.54, 1.807) is 7.05 Å². The van der Waals surface area contributed by atoms with Crippen molar-refractivity contribution in [1.29, 1.82) is 0 Å². The van der Waals surface area contributed by atoms with Gasteiger partial charge in [0.15, 0.2) is 0 Å². The molecule has 1 aliphatic heterocycles. The number of rotatable bonds is 3. The molecular weight excluding hydrogens is 354 g/mol. The number of likely N-dealkylation sites (N-methyl/N-ethyl adjacent to an activating group) is 2. The van der Waals surface area contributed by atoms with Gasteiger partial charge < -0.3 is 21.3 Å². The van der Waals surface area contributed by atoms with Gasteiger partial charge in [0.1, 0.15) is 6.04 Å². The van der Waals surface area contributed by atoms with Crippen LogP contribution in [0, 0.1) is 5.41 Å². The molecule has 28 heavy (non-hydrogen) atoms. The summed E-state index contributed by atoms with van der Waals surface area (Å²) in [5.74, 6) is -0.246. The van der Waals surface area contributed by atoms with Crippen LogP contribution in [0.3, 0.4) is 0 Å². The van der Waals surface area contributed by atoms with Crippen molar-refractivity contribution in [2.75, 3.05) is 27.2 Å². The quantitative estimate of drug-likeness (QED) is 0.741. The van der Waals surface area contributed by atoms with Crippen molar-refractivity contribution in [2.24, 2.45) is 16.1 Å². The molecule has 1 aromatic carbocycles. The average Bonchev–Trinajstić information content (AvgIpc) is 2.66. The first kappa shape index (κ1) is 21.6. The smallest absolute Gasteiger partial charge is 0.341 e. The maximum absolute atomic E-state index is 12.6. The van der Waals surface area contributed by atoms with Crippen molar-refractivity contribution in [1.82, 2.24) is 15.5 Å². The zero-order chi connectivity index (χ0) is 20.9. The third-order valence-electron chi connectivity index (χ3n) is 4.80. The van der Waals surface area contributed by atoms with E-state index in [1.807, 2.05) is 58.2 Å². The van der Waals surface area contributed by atoms with E-state index in [2.05, 4.69) is 20.5 Å². The number of nitrogens with zero attached hydrogens (tertiary/aromatic N) is 2. The number of nitrogens with one attached hydrogen (secondary N) is 2. The second-order valence-corrected chi connectivity index (χ2v) is 8.17. The van der Waals surface area contributed by atoms with E-state index < -0.39 is 17.5 Å². The van der Waals surface area contributed by atoms with Crippen molar-refractivity contribution in [3.8, 4) is 0 Å². The summed E-state index contributed by atoms with van der Waals surface area (Å²) in [5, 5.41) is 5.35. The average molecular weight is 386 g/mol. The number of carbonyl (C=O) groups excluding carboxylic acids is 2. The van der Waals surface area contributed by atoms with Gasteiger partial charge in [-0.2, -0.15) is 4.99 Å². The Bertz CT molecular complexity index is 778. The number of nitrogens with two attached hydrogens (primary N) is 1. The Hall–Kier alpha value is -2.67. The maximum atomic E-state index is 12.6. The highest BCUT2D eigenvalue weighted by molar-refractivity contribution is 6.11. The third-order valence-corrected chi connectivity index (χ3v) is 4.80. The molecule has 7 nitrogen and oxygen atoms in total. The molecule has 0 radical (unpaired) electrons. The maximum Gasteiger partial charge on any atom is 0.341 e. The van der Waals surface area contributed by atoms with Crippen LogP contribution in [0.4, 0.5) is 4.79 Å². The van der Waals surface area contributed by atoms with Gasteiger partial charge in [-0.25, -0.2) is 4.79 Å². The summed E-state index contributed by atoms with van der Waals surface area (Å²) < 4.78 is 0. The van der Waals surface area contributed by atoms with E-state index >= 15 is 0 Å². The van der Waals surface area contributed by atoms with E-state index in [9.17, 15) is 9.59 Å². The van der Waals surface area contributed by atoms with Crippen LogP contribution in [0.25, 0.3) is 5.70 Å². The lowest BCUT2D eigenvalue weighted by Crippen LogP contribution is -2.52. The third kappa shape index (κ3) is 5.42. The molecule has 0 aliphatic carbocycles. The summed E-state index contributed by atoms with van der Waals surface area (Å²) in [5.41, 5.74) is 9.02. The molecule has 2 rings (SSSR count). The first-order chi connectivity index (χ1) is 13.1. The first-order valence-corrected chi connectivity index (χ1v) is 9.46. The molecule has 1 fully saturated rings. The largest absolute Gasteiger partial charge is 0.398 e. The van der Waals surface area contributed by atoms with Crippen molar-refractivity contribution in [3.63, 3.8) is 0 Å². The van der Waals surface area contributed by atoms with Crippen LogP contribution in [0.15, 0.2) is 40.9 Å². The lowest BCUT2D eigenvalue weighted by atomic mass is 9.86. The molecule has 1 unspecified atom stereocenters. The highest BCUT2D eigenvalue weighted by atomic mass is 16.2. The Kier molecular flexibility index (Phi) is 6.96. The minimum atomic E-state index is -0.681. The highest BCUT2D eigenvalue weighted by Gasteiger charge is 2.32. The summed E-state index contributed by atoms with van der Waals surface area (Å²) in [7, 11) is 3.56. The Morgan fingerprint density at radius 3 is 2.43 bits per heavy atom. The fourth-order valence-corrected chi connectivity index (χ4v) is 3.14. The van der Waals surface area contributed by atoms with Gasteiger partial charge in [-0.3, -0.25) is 4.79 Å². The standard InChI is InChI=1S/C21H31N5O2/c1-21(2,3)18(19(27)23-4)25-20(28)24-16-11-12-26(5)13-15(16)17(22)14-9-7-6-8-10-14/h6-10,18H,11-13,22H2,1-5H3,(H,23,27)(H,25,28). The van der Waals surface area contributed by atoms with Crippen LogP contribution in [-0.2, 0) is 4.79 Å². The second-order valence-electron chi connectivity index (χ2n) is 8.17. The molecule has 1 saturated heterocycles.